The average Bonchev–Trinajstić information content (AvgIpc) is 3.35. The Bertz CT molecular complexity index is 1260. The van der Waals surface area contributed by atoms with Crippen LogP contribution in [0.2, 0.25) is 0 Å². The van der Waals surface area contributed by atoms with Gasteiger partial charge in [-0.25, -0.2) is 14.8 Å². The number of amides is 2. The van der Waals surface area contributed by atoms with Gasteiger partial charge in [-0.3, -0.25) is 4.79 Å². The lowest BCUT2D eigenvalue weighted by molar-refractivity contribution is 0.0528. The third kappa shape index (κ3) is 4.37. The molecule has 4 N–H and O–H groups in total. The molecular formula is C24H26N8O3. The highest BCUT2D eigenvalue weighted by Crippen LogP contribution is 2.44. The summed E-state index contributed by atoms with van der Waals surface area (Å²) in [6, 6.07) is 7.64. The van der Waals surface area contributed by atoms with Gasteiger partial charge in [0.15, 0.2) is 0 Å². The van der Waals surface area contributed by atoms with Crippen LogP contribution >= 0.6 is 0 Å². The second kappa shape index (κ2) is 9.26. The molecule has 2 amide bonds. The number of benzene rings is 1. The fourth-order valence-corrected chi connectivity index (χ4v) is 4.41. The number of carbonyl (C=O) groups excluding carboxylic acids is 2. The quantitative estimate of drug-likeness (QED) is 0.429. The maximum absolute atomic E-state index is 12.9. The molecule has 0 unspecified atom stereocenters. The molecular weight excluding hydrogens is 448 g/mol. The topological polar surface area (TPSA) is 155 Å². The minimum atomic E-state index is -0.523. The monoisotopic (exact) mass is 474 g/mol. The van der Waals surface area contributed by atoms with Crippen LogP contribution in [0.15, 0.2) is 54.0 Å². The Hall–Kier alpha value is -4.12. The van der Waals surface area contributed by atoms with Crippen molar-refractivity contribution in [2.24, 2.45) is 10.7 Å². The lowest BCUT2D eigenvalue weighted by Crippen LogP contribution is -2.47. The van der Waals surface area contributed by atoms with E-state index < -0.39 is 11.3 Å². The molecule has 2 aromatic heterocycles. The van der Waals surface area contributed by atoms with Crippen LogP contribution in [-0.4, -0.2) is 68.7 Å². The normalized spacial score (nSPS) is 17.6. The van der Waals surface area contributed by atoms with Crippen molar-refractivity contribution < 1.29 is 14.3 Å². The van der Waals surface area contributed by atoms with Crippen LogP contribution in [0.5, 0.6) is 0 Å². The SMILES string of the molecule is NC(=NC(=O)c1cnn(C(=O)N2CCOCC2)c1)C1(c2ccc(-c3cnc(N)nc3)cc2)CCC1. The number of nitrogens with zero attached hydrogens (tertiary/aromatic N) is 6. The fourth-order valence-electron chi connectivity index (χ4n) is 4.41. The Labute approximate surface area is 201 Å². The number of amidine groups is 1. The van der Waals surface area contributed by atoms with Gasteiger partial charge in [-0.05, 0) is 24.0 Å². The summed E-state index contributed by atoms with van der Waals surface area (Å²) < 4.78 is 6.43. The fraction of sp³-hybridized carbons (Fsp3) is 0.333. The number of hydrogen-bond acceptors (Lipinski definition) is 7. The predicted molar refractivity (Wildman–Crippen MR) is 129 cm³/mol. The van der Waals surface area contributed by atoms with Gasteiger partial charge in [0, 0.05) is 37.2 Å². The first kappa shape index (κ1) is 22.7. The van der Waals surface area contributed by atoms with Crippen molar-refractivity contribution in [2.75, 3.05) is 32.0 Å². The molecule has 11 nitrogen and oxygen atoms in total. The molecule has 5 rings (SSSR count). The van der Waals surface area contributed by atoms with Crippen molar-refractivity contribution in [3.63, 3.8) is 0 Å². The maximum Gasteiger partial charge on any atom is 0.344 e. The summed E-state index contributed by atoms with van der Waals surface area (Å²) in [6.45, 7) is 1.94. The Morgan fingerprint density at radius 2 is 1.69 bits per heavy atom. The smallest absolute Gasteiger partial charge is 0.344 e. The molecule has 0 atom stereocenters. The van der Waals surface area contributed by atoms with E-state index in [0.717, 1.165) is 40.6 Å². The minimum Gasteiger partial charge on any atom is -0.386 e. The van der Waals surface area contributed by atoms with E-state index in [-0.39, 0.29) is 23.4 Å². The average molecular weight is 475 g/mol. The number of aromatic nitrogens is 4. The Kier molecular flexibility index (Phi) is 6.00. The highest BCUT2D eigenvalue weighted by Gasteiger charge is 2.43. The molecule has 0 radical (unpaired) electrons. The molecule has 1 aliphatic heterocycles. The molecule has 1 saturated heterocycles. The van der Waals surface area contributed by atoms with Gasteiger partial charge in [0.05, 0.1) is 30.4 Å². The van der Waals surface area contributed by atoms with Crippen LogP contribution in [0.4, 0.5) is 10.7 Å². The summed E-state index contributed by atoms with van der Waals surface area (Å²) in [5.74, 6) is -0.0292. The van der Waals surface area contributed by atoms with Gasteiger partial charge in [-0.2, -0.15) is 14.8 Å². The first-order valence-electron chi connectivity index (χ1n) is 11.5. The highest BCUT2D eigenvalue weighted by atomic mass is 16.5. The lowest BCUT2D eigenvalue weighted by atomic mass is 9.63. The highest BCUT2D eigenvalue weighted by molar-refractivity contribution is 6.06. The Balaban J connectivity index is 1.33. The van der Waals surface area contributed by atoms with Crippen LogP contribution < -0.4 is 11.5 Å². The number of hydrogen-bond donors (Lipinski definition) is 2. The van der Waals surface area contributed by atoms with Crippen LogP contribution in [-0.2, 0) is 10.2 Å². The molecule has 3 aromatic rings. The molecule has 11 heteroatoms. The van der Waals surface area contributed by atoms with E-state index in [9.17, 15) is 9.59 Å². The van der Waals surface area contributed by atoms with Gasteiger partial charge < -0.3 is 21.1 Å². The standard InChI is InChI=1S/C24H26N8O3/c25-21(30-20(33)18-14-29-32(15-18)23(34)31-8-10-35-11-9-31)24(6-1-7-24)19-4-2-16(3-5-19)17-12-27-22(26)28-13-17/h2-5,12-15H,1,6-11H2,(H2,25,30,33)(H2,26,27,28). The van der Waals surface area contributed by atoms with Crippen molar-refractivity contribution in [2.45, 2.75) is 24.7 Å². The number of carbonyl (C=O) groups is 2. The van der Waals surface area contributed by atoms with Gasteiger partial charge in [-0.15, -0.1) is 0 Å². The Morgan fingerprint density at radius 3 is 2.31 bits per heavy atom. The third-order valence-electron chi connectivity index (χ3n) is 6.67. The molecule has 180 valence electrons. The molecule has 3 heterocycles. The molecule has 2 fully saturated rings. The summed E-state index contributed by atoms with van der Waals surface area (Å²) in [5, 5.41) is 4.05. The van der Waals surface area contributed by atoms with E-state index in [1.54, 1.807) is 17.3 Å². The van der Waals surface area contributed by atoms with Crippen molar-refractivity contribution >= 4 is 23.7 Å². The molecule has 35 heavy (non-hydrogen) atoms. The molecule has 2 aliphatic rings. The van der Waals surface area contributed by atoms with Gasteiger partial charge >= 0.3 is 6.03 Å². The van der Waals surface area contributed by atoms with E-state index in [4.69, 9.17) is 16.2 Å². The van der Waals surface area contributed by atoms with Gasteiger partial charge in [0.1, 0.15) is 5.84 Å². The van der Waals surface area contributed by atoms with Gasteiger partial charge in [0.2, 0.25) is 5.95 Å². The molecule has 1 saturated carbocycles. The van der Waals surface area contributed by atoms with Crippen LogP contribution in [0, 0.1) is 0 Å². The third-order valence-corrected chi connectivity index (χ3v) is 6.67. The summed E-state index contributed by atoms with van der Waals surface area (Å²) in [5.41, 5.74) is 14.5. The number of anilines is 1. The van der Waals surface area contributed by atoms with Crippen molar-refractivity contribution in [3.05, 3.63) is 60.2 Å². The number of morpholine rings is 1. The summed E-state index contributed by atoms with van der Waals surface area (Å²) in [7, 11) is 0. The zero-order valence-corrected chi connectivity index (χ0v) is 19.1. The van der Waals surface area contributed by atoms with E-state index in [0.29, 0.717) is 26.3 Å². The van der Waals surface area contributed by atoms with Crippen LogP contribution in [0.3, 0.4) is 0 Å². The summed E-state index contributed by atoms with van der Waals surface area (Å²) in [4.78, 5) is 39.4. The number of nitrogen functional groups attached to an aromatic ring is 1. The zero-order valence-electron chi connectivity index (χ0n) is 19.1. The van der Waals surface area contributed by atoms with Crippen molar-refractivity contribution in [1.82, 2.24) is 24.6 Å². The van der Waals surface area contributed by atoms with E-state index in [1.807, 2.05) is 24.3 Å². The van der Waals surface area contributed by atoms with E-state index in [2.05, 4.69) is 20.1 Å². The molecule has 0 spiro atoms. The molecule has 1 aromatic carbocycles. The maximum atomic E-state index is 12.9. The Morgan fingerprint density at radius 1 is 1.00 bits per heavy atom. The van der Waals surface area contributed by atoms with Crippen LogP contribution in [0.25, 0.3) is 11.1 Å². The molecule has 1 aliphatic carbocycles. The first-order valence-corrected chi connectivity index (χ1v) is 11.5. The van der Waals surface area contributed by atoms with E-state index in [1.165, 1.54) is 12.4 Å². The zero-order chi connectivity index (χ0) is 24.4. The number of rotatable bonds is 4. The lowest BCUT2D eigenvalue weighted by Gasteiger charge is -2.41. The van der Waals surface area contributed by atoms with Crippen molar-refractivity contribution in [1.29, 1.82) is 0 Å². The van der Waals surface area contributed by atoms with E-state index >= 15 is 0 Å². The molecule has 0 bridgehead atoms. The number of nitrogens with two attached hydrogens (primary N) is 2. The predicted octanol–water partition coefficient (Wildman–Crippen LogP) is 1.84. The number of ether oxygens (including phenoxy) is 1. The van der Waals surface area contributed by atoms with Crippen LogP contribution in [0.1, 0.15) is 35.2 Å². The summed E-state index contributed by atoms with van der Waals surface area (Å²) >= 11 is 0. The van der Waals surface area contributed by atoms with Gasteiger partial charge in [-0.1, -0.05) is 30.7 Å². The largest absolute Gasteiger partial charge is 0.386 e. The second-order valence-electron chi connectivity index (χ2n) is 8.70. The van der Waals surface area contributed by atoms with Gasteiger partial charge in [0.25, 0.3) is 5.91 Å². The first-order chi connectivity index (χ1) is 17.0. The minimum absolute atomic E-state index is 0.211. The van der Waals surface area contributed by atoms with Crippen molar-refractivity contribution in [3.8, 4) is 11.1 Å². The number of aliphatic imine (C=N–C) groups is 1. The summed E-state index contributed by atoms with van der Waals surface area (Å²) in [6.07, 6.45) is 8.68. The second-order valence-corrected chi connectivity index (χ2v) is 8.70.